The summed E-state index contributed by atoms with van der Waals surface area (Å²) < 4.78 is 11.5. The van der Waals surface area contributed by atoms with Gasteiger partial charge in [-0.1, -0.05) is 18.7 Å². The average molecular weight is 210 g/mol. The first kappa shape index (κ1) is 10.8. The molecule has 0 aliphatic heterocycles. The lowest BCUT2D eigenvalue weighted by Gasteiger charge is -2.09. The summed E-state index contributed by atoms with van der Waals surface area (Å²) in [5, 5.41) is 8.82. The number of aromatic carboxylic acids is 1. The minimum Gasteiger partial charge on any atom is -0.611 e. The second-order valence-corrected chi connectivity index (χ2v) is 4.07. The topological polar surface area (TPSA) is 60.4 Å². The Morgan fingerprint density at radius 3 is 2.79 bits per heavy atom. The van der Waals surface area contributed by atoms with Crippen molar-refractivity contribution in [2.45, 2.75) is 4.90 Å². The number of carbonyl (C=O) groups is 1. The maximum atomic E-state index is 11.5. The lowest BCUT2D eigenvalue weighted by molar-refractivity contribution is 0.0692. The third-order valence-corrected chi connectivity index (χ3v) is 3.02. The molecule has 0 aliphatic rings. The number of carboxylic acid groups (broad SMARTS) is 1. The molecule has 0 bridgehead atoms. The number of carboxylic acids is 1. The molecule has 1 aromatic rings. The Balaban J connectivity index is 3.06. The van der Waals surface area contributed by atoms with Crippen molar-refractivity contribution in [1.82, 2.24) is 0 Å². The molecule has 1 unspecified atom stereocenters. The molecule has 0 aromatic heterocycles. The van der Waals surface area contributed by atoms with E-state index in [4.69, 9.17) is 5.11 Å². The first-order valence-electron chi connectivity index (χ1n) is 3.98. The number of benzene rings is 1. The minimum absolute atomic E-state index is 0.0904. The monoisotopic (exact) mass is 210 g/mol. The van der Waals surface area contributed by atoms with E-state index in [2.05, 4.69) is 6.58 Å². The Labute approximate surface area is 85.3 Å². The van der Waals surface area contributed by atoms with Crippen LogP contribution in [0.25, 0.3) is 0 Å². The zero-order valence-electron chi connectivity index (χ0n) is 7.47. The first-order valence-corrected chi connectivity index (χ1v) is 5.30. The van der Waals surface area contributed by atoms with Crippen molar-refractivity contribution in [2.24, 2.45) is 0 Å². The van der Waals surface area contributed by atoms with Gasteiger partial charge in [0.1, 0.15) is 11.3 Å². The summed E-state index contributed by atoms with van der Waals surface area (Å²) in [6, 6.07) is 6.28. The molecule has 0 radical (unpaired) electrons. The molecule has 1 N–H and O–H groups in total. The van der Waals surface area contributed by atoms with E-state index in [-0.39, 0.29) is 11.3 Å². The van der Waals surface area contributed by atoms with Gasteiger partial charge in [-0.25, -0.2) is 4.79 Å². The quantitative estimate of drug-likeness (QED) is 0.607. The van der Waals surface area contributed by atoms with Crippen LogP contribution in [0, 0.1) is 0 Å². The van der Waals surface area contributed by atoms with Crippen LogP contribution in [0.15, 0.2) is 41.8 Å². The van der Waals surface area contributed by atoms with Gasteiger partial charge in [-0.2, -0.15) is 0 Å². The fourth-order valence-electron chi connectivity index (χ4n) is 1.04. The van der Waals surface area contributed by atoms with E-state index in [1.54, 1.807) is 18.2 Å². The fourth-order valence-corrected chi connectivity index (χ4v) is 2.06. The molecule has 14 heavy (non-hydrogen) atoms. The summed E-state index contributed by atoms with van der Waals surface area (Å²) in [5.74, 6) is -0.789. The van der Waals surface area contributed by atoms with E-state index in [0.717, 1.165) is 0 Å². The van der Waals surface area contributed by atoms with Crippen LogP contribution in [0.4, 0.5) is 0 Å². The van der Waals surface area contributed by atoms with E-state index in [1.807, 2.05) is 0 Å². The highest BCUT2D eigenvalue weighted by Crippen LogP contribution is 2.16. The van der Waals surface area contributed by atoms with Gasteiger partial charge in [-0.3, -0.25) is 0 Å². The molecule has 0 fully saturated rings. The van der Waals surface area contributed by atoms with E-state index in [1.165, 1.54) is 12.1 Å². The molecule has 4 heteroatoms. The first-order chi connectivity index (χ1) is 6.66. The van der Waals surface area contributed by atoms with Gasteiger partial charge in [0.2, 0.25) is 0 Å². The lowest BCUT2D eigenvalue weighted by atomic mass is 10.2. The third kappa shape index (κ3) is 2.37. The summed E-state index contributed by atoms with van der Waals surface area (Å²) in [5.41, 5.74) is 0.0904. The molecule has 1 atom stereocenters. The van der Waals surface area contributed by atoms with Gasteiger partial charge in [-0.15, -0.1) is 0 Å². The normalized spacial score (nSPS) is 12.1. The predicted octanol–water partition coefficient (Wildman–Crippen LogP) is 1.68. The highest BCUT2D eigenvalue weighted by molar-refractivity contribution is 7.91. The molecule has 0 aliphatic carbocycles. The van der Waals surface area contributed by atoms with Crippen molar-refractivity contribution in [3.05, 3.63) is 42.5 Å². The number of hydrogen-bond donors (Lipinski definition) is 1. The molecule has 74 valence electrons. The highest BCUT2D eigenvalue weighted by atomic mass is 32.2. The van der Waals surface area contributed by atoms with Crippen LogP contribution in [-0.2, 0) is 11.2 Å². The van der Waals surface area contributed by atoms with E-state index in [0.29, 0.717) is 4.90 Å². The smallest absolute Gasteiger partial charge is 0.340 e. The van der Waals surface area contributed by atoms with Gasteiger partial charge in [0.15, 0.2) is 4.90 Å². The fraction of sp³-hybridized carbons (Fsp3) is 0.100. The maximum Gasteiger partial charge on any atom is 0.340 e. The summed E-state index contributed by atoms with van der Waals surface area (Å²) in [4.78, 5) is 11.1. The summed E-state index contributed by atoms with van der Waals surface area (Å²) >= 11 is -1.31. The van der Waals surface area contributed by atoms with Crippen LogP contribution >= 0.6 is 0 Å². The summed E-state index contributed by atoms with van der Waals surface area (Å²) in [7, 11) is 0. The predicted molar refractivity (Wildman–Crippen MR) is 54.9 cm³/mol. The molecular formula is C10H10O3S. The second-order valence-electron chi connectivity index (χ2n) is 2.60. The molecule has 1 rings (SSSR count). The average Bonchev–Trinajstić information content (AvgIpc) is 2.18. The van der Waals surface area contributed by atoms with Crippen LogP contribution in [-0.4, -0.2) is 21.4 Å². The molecule has 0 amide bonds. The standard InChI is InChI=1S/C10H10O3S/c1-2-7-14(13)9-6-4-3-5-8(9)10(11)12/h2-6H,1,7H2,(H,11,12). The molecule has 1 aromatic carbocycles. The van der Waals surface area contributed by atoms with E-state index in [9.17, 15) is 9.35 Å². The Kier molecular flexibility index (Phi) is 3.73. The second kappa shape index (κ2) is 4.83. The van der Waals surface area contributed by atoms with Crippen LogP contribution in [0.2, 0.25) is 0 Å². The van der Waals surface area contributed by atoms with Crippen molar-refractivity contribution in [2.75, 3.05) is 5.75 Å². The van der Waals surface area contributed by atoms with Gasteiger partial charge < -0.3 is 9.66 Å². The molecule has 3 nitrogen and oxygen atoms in total. The van der Waals surface area contributed by atoms with Crippen LogP contribution < -0.4 is 0 Å². The van der Waals surface area contributed by atoms with Crippen LogP contribution in [0.1, 0.15) is 10.4 Å². The van der Waals surface area contributed by atoms with E-state index >= 15 is 0 Å². The Hall–Kier alpha value is -1.26. The van der Waals surface area contributed by atoms with Crippen molar-refractivity contribution >= 4 is 17.1 Å². The molecule has 0 heterocycles. The molecule has 0 saturated carbocycles. The SMILES string of the molecule is C=CC[S+]([O-])c1ccccc1C(=O)O. The van der Waals surface area contributed by atoms with Gasteiger partial charge in [0, 0.05) is 0 Å². The van der Waals surface area contributed by atoms with E-state index < -0.39 is 17.1 Å². The minimum atomic E-state index is -1.31. The van der Waals surface area contributed by atoms with Crippen molar-refractivity contribution in [3.63, 3.8) is 0 Å². The largest absolute Gasteiger partial charge is 0.611 e. The van der Waals surface area contributed by atoms with Crippen LogP contribution in [0.3, 0.4) is 0 Å². The Morgan fingerprint density at radius 1 is 1.57 bits per heavy atom. The van der Waals surface area contributed by atoms with Crippen molar-refractivity contribution < 1.29 is 14.5 Å². The third-order valence-electron chi connectivity index (χ3n) is 1.63. The molecular weight excluding hydrogens is 200 g/mol. The van der Waals surface area contributed by atoms with Crippen molar-refractivity contribution in [1.29, 1.82) is 0 Å². The lowest BCUT2D eigenvalue weighted by Crippen LogP contribution is -2.10. The van der Waals surface area contributed by atoms with Gasteiger partial charge in [-0.05, 0) is 29.4 Å². The Morgan fingerprint density at radius 2 is 2.21 bits per heavy atom. The zero-order chi connectivity index (χ0) is 10.6. The summed E-state index contributed by atoms with van der Waals surface area (Å²) in [6.45, 7) is 3.46. The zero-order valence-corrected chi connectivity index (χ0v) is 8.29. The highest BCUT2D eigenvalue weighted by Gasteiger charge is 2.18. The number of rotatable bonds is 4. The van der Waals surface area contributed by atoms with Gasteiger partial charge in [0.25, 0.3) is 0 Å². The van der Waals surface area contributed by atoms with Crippen LogP contribution in [0.5, 0.6) is 0 Å². The van der Waals surface area contributed by atoms with Gasteiger partial charge >= 0.3 is 5.97 Å². The Bertz CT molecular complexity index is 349. The van der Waals surface area contributed by atoms with Gasteiger partial charge in [0.05, 0.1) is 0 Å². The molecule has 0 saturated heterocycles. The summed E-state index contributed by atoms with van der Waals surface area (Å²) in [6.07, 6.45) is 1.51. The molecule has 0 spiro atoms. The van der Waals surface area contributed by atoms with Crippen molar-refractivity contribution in [3.8, 4) is 0 Å². The number of hydrogen-bond acceptors (Lipinski definition) is 2. The maximum absolute atomic E-state index is 11.5.